The van der Waals surface area contributed by atoms with Crippen molar-refractivity contribution in [1.29, 1.82) is 0 Å². The standard InChI is InChI=1S/C20H18O2/c21-19-13-17(11-15-7-3-1-4-8-15)14-20(22)18(19)12-16-9-5-2-6-10-16/h1-10,13-14,21-22H,11-12H2. The fraction of sp³-hybridized carbons (Fsp3) is 0.100. The normalized spacial score (nSPS) is 10.5. The highest BCUT2D eigenvalue weighted by molar-refractivity contribution is 5.49. The van der Waals surface area contributed by atoms with E-state index in [0.29, 0.717) is 18.4 Å². The molecule has 2 nitrogen and oxygen atoms in total. The van der Waals surface area contributed by atoms with E-state index in [-0.39, 0.29) is 11.5 Å². The molecule has 0 saturated carbocycles. The molecule has 0 unspecified atom stereocenters. The second kappa shape index (κ2) is 6.35. The maximum absolute atomic E-state index is 10.3. The minimum atomic E-state index is 0.148. The molecule has 2 N–H and O–H groups in total. The van der Waals surface area contributed by atoms with E-state index >= 15 is 0 Å². The Kier molecular flexibility index (Phi) is 4.10. The van der Waals surface area contributed by atoms with Crippen LogP contribution in [0, 0.1) is 0 Å². The highest BCUT2D eigenvalue weighted by Crippen LogP contribution is 2.31. The molecule has 2 heteroatoms. The summed E-state index contributed by atoms with van der Waals surface area (Å²) in [6, 6.07) is 23.3. The zero-order chi connectivity index (χ0) is 15.4. The first-order valence-corrected chi connectivity index (χ1v) is 7.34. The third-order valence-corrected chi connectivity index (χ3v) is 3.74. The fourth-order valence-electron chi connectivity index (χ4n) is 2.61. The lowest BCUT2D eigenvalue weighted by atomic mass is 9.98. The van der Waals surface area contributed by atoms with Crippen LogP contribution in [-0.2, 0) is 12.8 Å². The smallest absolute Gasteiger partial charge is 0.123 e. The Labute approximate surface area is 130 Å². The van der Waals surface area contributed by atoms with Gasteiger partial charge in [-0.1, -0.05) is 60.7 Å². The molecule has 3 aromatic carbocycles. The predicted octanol–water partition coefficient (Wildman–Crippen LogP) is 4.28. The molecule has 110 valence electrons. The second-order valence-electron chi connectivity index (χ2n) is 5.44. The number of phenols is 2. The van der Waals surface area contributed by atoms with Gasteiger partial charge in [-0.05, 0) is 35.2 Å². The number of benzene rings is 3. The first-order valence-electron chi connectivity index (χ1n) is 7.34. The molecule has 0 bridgehead atoms. The second-order valence-corrected chi connectivity index (χ2v) is 5.44. The van der Waals surface area contributed by atoms with E-state index in [1.54, 1.807) is 12.1 Å². The van der Waals surface area contributed by atoms with Gasteiger partial charge in [-0.3, -0.25) is 0 Å². The SMILES string of the molecule is Oc1cc(Cc2ccccc2)cc(O)c1Cc1ccccc1. The first kappa shape index (κ1) is 14.2. The van der Waals surface area contributed by atoms with Crippen molar-refractivity contribution in [3.63, 3.8) is 0 Å². The average Bonchev–Trinajstić information content (AvgIpc) is 2.53. The largest absolute Gasteiger partial charge is 0.508 e. The van der Waals surface area contributed by atoms with E-state index in [4.69, 9.17) is 0 Å². The van der Waals surface area contributed by atoms with Crippen LogP contribution in [0.5, 0.6) is 11.5 Å². The molecule has 3 aromatic rings. The maximum atomic E-state index is 10.3. The Morgan fingerprint density at radius 3 is 1.50 bits per heavy atom. The average molecular weight is 290 g/mol. The first-order chi connectivity index (χ1) is 10.7. The summed E-state index contributed by atoms with van der Waals surface area (Å²) in [5.74, 6) is 0.296. The molecule has 0 atom stereocenters. The Bertz CT molecular complexity index is 726. The fourth-order valence-corrected chi connectivity index (χ4v) is 2.61. The quantitative estimate of drug-likeness (QED) is 0.753. The molecule has 0 amide bonds. The van der Waals surface area contributed by atoms with Crippen molar-refractivity contribution >= 4 is 0 Å². The van der Waals surface area contributed by atoms with E-state index in [9.17, 15) is 10.2 Å². The van der Waals surface area contributed by atoms with Crippen LogP contribution in [0.2, 0.25) is 0 Å². The number of phenolic OH excluding ortho intramolecular Hbond substituents is 2. The molecule has 0 saturated heterocycles. The van der Waals surface area contributed by atoms with Gasteiger partial charge < -0.3 is 10.2 Å². The molecule has 0 heterocycles. The summed E-state index contributed by atoms with van der Waals surface area (Å²) >= 11 is 0. The van der Waals surface area contributed by atoms with E-state index in [1.807, 2.05) is 60.7 Å². The molecule has 0 aromatic heterocycles. The van der Waals surface area contributed by atoms with Crippen LogP contribution in [0.3, 0.4) is 0 Å². The Morgan fingerprint density at radius 2 is 1.00 bits per heavy atom. The van der Waals surface area contributed by atoms with Crippen LogP contribution in [0.1, 0.15) is 22.3 Å². The van der Waals surface area contributed by atoms with E-state index < -0.39 is 0 Å². The van der Waals surface area contributed by atoms with Crippen LogP contribution in [0.4, 0.5) is 0 Å². The minimum Gasteiger partial charge on any atom is -0.508 e. The molecule has 0 aliphatic heterocycles. The van der Waals surface area contributed by atoms with Crippen LogP contribution < -0.4 is 0 Å². The monoisotopic (exact) mass is 290 g/mol. The summed E-state index contributed by atoms with van der Waals surface area (Å²) < 4.78 is 0. The van der Waals surface area contributed by atoms with E-state index in [1.165, 1.54) is 0 Å². The van der Waals surface area contributed by atoms with Crippen LogP contribution in [0.25, 0.3) is 0 Å². The minimum absolute atomic E-state index is 0.148. The van der Waals surface area contributed by atoms with Gasteiger partial charge in [-0.15, -0.1) is 0 Å². The van der Waals surface area contributed by atoms with Crippen molar-refractivity contribution in [2.75, 3.05) is 0 Å². The van der Waals surface area contributed by atoms with Gasteiger partial charge in [0.15, 0.2) is 0 Å². The molecule has 0 spiro atoms. The lowest BCUT2D eigenvalue weighted by molar-refractivity contribution is 0.439. The summed E-state index contributed by atoms with van der Waals surface area (Å²) in [6.07, 6.45) is 1.21. The molecule has 0 aliphatic rings. The summed E-state index contributed by atoms with van der Waals surface area (Å²) in [5, 5.41) is 20.5. The number of rotatable bonds is 4. The summed E-state index contributed by atoms with van der Waals surface area (Å²) in [4.78, 5) is 0. The molecular formula is C20H18O2. The predicted molar refractivity (Wildman–Crippen MR) is 88.3 cm³/mol. The van der Waals surface area contributed by atoms with Crippen molar-refractivity contribution in [3.8, 4) is 11.5 Å². The van der Waals surface area contributed by atoms with Gasteiger partial charge >= 0.3 is 0 Å². The molecule has 0 radical (unpaired) electrons. The van der Waals surface area contributed by atoms with E-state index in [0.717, 1.165) is 16.7 Å². The number of hydrogen-bond donors (Lipinski definition) is 2. The van der Waals surface area contributed by atoms with Crippen molar-refractivity contribution in [3.05, 3.63) is 95.1 Å². The van der Waals surface area contributed by atoms with Crippen molar-refractivity contribution in [2.45, 2.75) is 12.8 Å². The zero-order valence-corrected chi connectivity index (χ0v) is 12.2. The molecule has 3 rings (SSSR count). The van der Waals surface area contributed by atoms with Gasteiger partial charge in [0.05, 0.1) is 0 Å². The van der Waals surface area contributed by atoms with Crippen LogP contribution >= 0.6 is 0 Å². The highest BCUT2D eigenvalue weighted by atomic mass is 16.3. The molecule has 0 aliphatic carbocycles. The van der Waals surface area contributed by atoms with Crippen LogP contribution in [-0.4, -0.2) is 10.2 Å². The Hall–Kier alpha value is -2.74. The Morgan fingerprint density at radius 1 is 0.545 bits per heavy atom. The summed E-state index contributed by atoms with van der Waals surface area (Å²) in [7, 11) is 0. The van der Waals surface area contributed by atoms with Crippen molar-refractivity contribution < 1.29 is 10.2 Å². The molecule has 0 fully saturated rings. The summed E-state index contributed by atoms with van der Waals surface area (Å²) in [6.45, 7) is 0. The lowest BCUT2D eigenvalue weighted by Gasteiger charge is -2.11. The van der Waals surface area contributed by atoms with Gasteiger partial charge in [0, 0.05) is 12.0 Å². The van der Waals surface area contributed by atoms with E-state index in [2.05, 4.69) is 0 Å². The van der Waals surface area contributed by atoms with Crippen molar-refractivity contribution in [1.82, 2.24) is 0 Å². The topological polar surface area (TPSA) is 40.5 Å². The zero-order valence-electron chi connectivity index (χ0n) is 12.2. The van der Waals surface area contributed by atoms with Gasteiger partial charge in [0.25, 0.3) is 0 Å². The van der Waals surface area contributed by atoms with Gasteiger partial charge in [-0.2, -0.15) is 0 Å². The lowest BCUT2D eigenvalue weighted by Crippen LogP contribution is -1.93. The Balaban J connectivity index is 1.85. The van der Waals surface area contributed by atoms with Gasteiger partial charge in [0.1, 0.15) is 11.5 Å². The number of hydrogen-bond acceptors (Lipinski definition) is 2. The third-order valence-electron chi connectivity index (χ3n) is 3.74. The van der Waals surface area contributed by atoms with Gasteiger partial charge in [-0.25, -0.2) is 0 Å². The van der Waals surface area contributed by atoms with Crippen LogP contribution in [0.15, 0.2) is 72.8 Å². The van der Waals surface area contributed by atoms with Gasteiger partial charge in [0.2, 0.25) is 0 Å². The summed E-state index contributed by atoms with van der Waals surface area (Å²) in [5.41, 5.74) is 3.68. The van der Waals surface area contributed by atoms with Crippen molar-refractivity contribution in [2.24, 2.45) is 0 Å². The molecule has 22 heavy (non-hydrogen) atoms. The third kappa shape index (κ3) is 3.29. The number of aromatic hydroxyl groups is 2. The molecular weight excluding hydrogens is 272 g/mol. The highest BCUT2D eigenvalue weighted by Gasteiger charge is 2.11. The maximum Gasteiger partial charge on any atom is 0.123 e.